The second-order valence-corrected chi connectivity index (χ2v) is 6.21. The van der Waals surface area contributed by atoms with Crippen LogP contribution in [0.2, 0.25) is 0 Å². The quantitative estimate of drug-likeness (QED) is 0.867. The molecule has 0 aliphatic heterocycles. The second-order valence-electron chi connectivity index (χ2n) is 6.21. The van der Waals surface area contributed by atoms with E-state index in [0.29, 0.717) is 18.5 Å². The van der Waals surface area contributed by atoms with Crippen molar-refractivity contribution in [2.75, 3.05) is 6.54 Å². The fourth-order valence-corrected chi connectivity index (χ4v) is 3.27. The summed E-state index contributed by atoms with van der Waals surface area (Å²) in [5, 5.41) is 12.9. The monoisotopic (exact) mass is 275 g/mol. The number of carbonyl (C=O) groups is 1. The van der Waals surface area contributed by atoms with Crippen LogP contribution in [0.1, 0.15) is 44.6 Å². The Labute approximate surface area is 121 Å². The Morgan fingerprint density at radius 1 is 1.30 bits per heavy atom. The van der Waals surface area contributed by atoms with Gasteiger partial charge in [0.2, 0.25) is 0 Å². The summed E-state index contributed by atoms with van der Waals surface area (Å²) < 4.78 is 0. The minimum Gasteiger partial charge on any atom is -0.481 e. The molecule has 3 nitrogen and oxygen atoms in total. The van der Waals surface area contributed by atoms with Crippen LogP contribution in [0.3, 0.4) is 0 Å². The van der Waals surface area contributed by atoms with Crippen LogP contribution in [0, 0.1) is 11.8 Å². The van der Waals surface area contributed by atoms with Gasteiger partial charge in [0.1, 0.15) is 0 Å². The molecular weight excluding hydrogens is 250 g/mol. The van der Waals surface area contributed by atoms with E-state index in [1.807, 2.05) is 30.3 Å². The van der Waals surface area contributed by atoms with Gasteiger partial charge < -0.3 is 10.4 Å². The smallest absolute Gasteiger partial charge is 0.312 e. The molecule has 1 aromatic rings. The summed E-state index contributed by atoms with van der Waals surface area (Å²) in [6.07, 6.45) is 3.63. The zero-order valence-corrected chi connectivity index (χ0v) is 12.4. The summed E-state index contributed by atoms with van der Waals surface area (Å²) in [6.45, 7) is 5.09. The first kappa shape index (κ1) is 15.0. The van der Waals surface area contributed by atoms with Gasteiger partial charge in [-0.1, -0.05) is 44.2 Å². The van der Waals surface area contributed by atoms with Crippen molar-refractivity contribution in [1.29, 1.82) is 0 Å². The molecule has 0 bridgehead atoms. The van der Waals surface area contributed by atoms with E-state index in [2.05, 4.69) is 19.2 Å². The van der Waals surface area contributed by atoms with E-state index in [-0.39, 0.29) is 0 Å². The van der Waals surface area contributed by atoms with Gasteiger partial charge in [0, 0.05) is 12.6 Å². The predicted molar refractivity (Wildman–Crippen MR) is 80.8 cm³/mol. The van der Waals surface area contributed by atoms with E-state index in [0.717, 1.165) is 17.9 Å². The van der Waals surface area contributed by atoms with Crippen LogP contribution >= 0.6 is 0 Å². The largest absolute Gasteiger partial charge is 0.481 e. The Morgan fingerprint density at radius 2 is 2.00 bits per heavy atom. The van der Waals surface area contributed by atoms with Crippen LogP contribution in [-0.2, 0) is 4.79 Å². The Hall–Kier alpha value is -1.35. The number of aliphatic carboxylic acids is 1. The second kappa shape index (κ2) is 6.89. The molecule has 0 spiro atoms. The molecule has 110 valence electrons. The van der Waals surface area contributed by atoms with Crippen LogP contribution in [0.5, 0.6) is 0 Å². The Morgan fingerprint density at radius 3 is 2.60 bits per heavy atom. The molecule has 2 N–H and O–H groups in total. The van der Waals surface area contributed by atoms with Crippen molar-refractivity contribution in [3.8, 4) is 0 Å². The Balaban J connectivity index is 1.95. The lowest BCUT2D eigenvalue weighted by atomic mass is 9.79. The summed E-state index contributed by atoms with van der Waals surface area (Å²) in [6, 6.07) is 9.96. The summed E-state index contributed by atoms with van der Waals surface area (Å²) in [7, 11) is 0. The van der Waals surface area contributed by atoms with E-state index in [1.54, 1.807) is 0 Å². The van der Waals surface area contributed by atoms with E-state index in [4.69, 9.17) is 0 Å². The molecule has 0 aromatic heterocycles. The van der Waals surface area contributed by atoms with Gasteiger partial charge >= 0.3 is 5.97 Å². The maximum absolute atomic E-state index is 11.5. The van der Waals surface area contributed by atoms with Gasteiger partial charge in [-0.05, 0) is 36.7 Å². The first-order valence-electron chi connectivity index (χ1n) is 7.59. The highest BCUT2D eigenvalue weighted by Crippen LogP contribution is 2.29. The summed E-state index contributed by atoms with van der Waals surface area (Å²) in [5.74, 6) is 0.222. The van der Waals surface area contributed by atoms with Crippen molar-refractivity contribution in [2.45, 2.75) is 45.1 Å². The summed E-state index contributed by atoms with van der Waals surface area (Å²) in [5.41, 5.74) is 0.879. The molecule has 1 aromatic carbocycles. The maximum Gasteiger partial charge on any atom is 0.312 e. The molecular formula is C17H25NO2. The summed E-state index contributed by atoms with van der Waals surface area (Å²) in [4.78, 5) is 11.5. The van der Waals surface area contributed by atoms with E-state index in [9.17, 15) is 9.90 Å². The van der Waals surface area contributed by atoms with Gasteiger partial charge in [-0.2, -0.15) is 0 Å². The van der Waals surface area contributed by atoms with Gasteiger partial charge in [0.25, 0.3) is 0 Å². The zero-order chi connectivity index (χ0) is 14.5. The lowest BCUT2D eigenvalue weighted by Gasteiger charge is -2.34. The maximum atomic E-state index is 11.5. The molecule has 1 saturated carbocycles. The number of carboxylic acid groups (broad SMARTS) is 1. The predicted octanol–water partition coefficient (Wildman–Crippen LogP) is 3.27. The van der Waals surface area contributed by atoms with E-state index < -0.39 is 11.9 Å². The molecule has 0 amide bonds. The van der Waals surface area contributed by atoms with Crippen LogP contribution in [-0.4, -0.2) is 23.7 Å². The summed E-state index contributed by atoms with van der Waals surface area (Å²) >= 11 is 0. The van der Waals surface area contributed by atoms with Gasteiger partial charge in [-0.15, -0.1) is 0 Å². The number of nitrogens with one attached hydrogen (secondary N) is 1. The molecule has 4 unspecified atom stereocenters. The van der Waals surface area contributed by atoms with E-state index >= 15 is 0 Å². The molecule has 1 aliphatic rings. The molecule has 2 rings (SSSR count). The fraction of sp³-hybridized carbons (Fsp3) is 0.588. The van der Waals surface area contributed by atoms with Gasteiger partial charge in [-0.25, -0.2) is 0 Å². The average molecular weight is 275 g/mol. The number of carboxylic acids is 1. The van der Waals surface area contributed by atoms with Crippen molar-refractivity contribution >= 4 is 5.97 Å². The van der Waals surface area contributed by atoms with Crippen molar-refractivity contribution in [3.05, 3.63) is 35.9 Å². The molecule has 20 heavy (non-hydrogen) atoms. The Bertz CT molecular complexity index is 432. The molecule has 1 aliphatic carbocycles. The highest BCUT2D eigenvalue weighted by atomic mass is 16.4. The van der Waals surface area contributed by atoms with Crippen LogP contribution in [0.4, 0.5) is 0 Å². The topological polar surface area (TPSA) is 49.3 Å². The number of hydrogen-bond acceptors (Lipinski definition) is 2. The highest BCUT2D eigenvalue weighted by molar-refractivity contribution is 5.76. The lowest BCUT2D eigenvalue weighted by Crippen LogP contribution is -2.42. The normalized spacial score (nSPS) is 28.0. The third-order valence-electron chi connectivity index (χ3n) is 4.52. The minimum absolute atomic E-state index is 0.455. The first-order valence-corrected chi connectivity index (χ1v) is 7.59. The molecule has 0 heterocycles. The van der Waals surface area contributed by atoms with Crippen molar-refractivity contribution in [2.24, 2.45) is 11.8 Å². The number of hydrogen-bond donors (Lipinski definition) is 2. The van der Waals surface area contributed by atoms with E-state index in [1.165, 1.54) is 12.8 Å². The van der Waals surface area contributed by atoms with Gasteiger partial charge in [0.05, 0.1) is 5.92 Å². The third kappa shape index (κ3) is 3.83. The van der Waals surface area contributed by atoms with Crippen LogP contribution in [0.25, 0.3) is 0 Å². The SMILES string of the molecule is CC1CCC(NCC(C(=O)O)c2ccccc2)C(C)C1. The van der Waals surface area contributed by atoms with Gasteiger partial charge in [-0.3, -0.25) is 4.79 Å². The first-order chi connectivity index (χ1) is 9.58. The number of benzene rings is 1. The molecule has 1 fully saturated rings. The van der Waals surface area contributed by atoms with Crippen molar-refractivity contribution in [1.82, 2.24) is 5.32 Å². The molecule has 0 saturated heterocycles. The molecule has 0 radical (unpaired) electrons. The fourth-order valence-electron chi connectivity index (χ4n) is 3.27. The lowest BCUT2D eigenvalue weighted by molar-refractivity contribution is -0.138. The third-order valence-corrected chi connectivity index (χ3v) is 4.52. The number of rotatable bonds is 5. The van der Waals surface area contributed by atoms with Gasteiger partial charge in [0.15, 0.2) is 0 Å². The zero-order valence-electron chi connectivity index (χ0n) is 12.4. The van der Waals surface area contributed by atoms with Crippen LogP contribution < -0.4 is 5.32 Å². The highest BCUT2D eigenvalue weighted by Gasteiger charge is 2.27. The minimum atomic E-state index is -0.750. The molecule has 3 heteroatoms. The Kier molecular flexibility index (Phi) is 5.18. The standard InChI is InChI=1S/C17H25NO2/c1-12-8-9-16(13(2)10-12)18-11-15(17(19)20)14-6-4-3-5-7-14/h3-7,12-13,15-16,18H,8-11H2,1-2H3,(H,19,20). The van der Waals surface area contributed by atoms with Crippen LogP contribution in [0.15, 0.2) is 30.3 Å². The van der Waals surface area contributed by atoms with Crippen molar-refractivity contribution in [3.63, 3.8) is 0 Å². The average Bonchev–Trinajstić information content (AvgIpc) is 2.42. The van der Waals surface area contributed by atoms with Crippen molar-refractivity contribution < 1.29 is 9.90 Å². The molecule has 4 atom stereocenters.